The van der Waals surface area contributed by atoms with Crippen molar-refractivity contribution in [1.82, 2.24) is 35.7 Å². The standard InChI is InChI=1S/C41H61N7O7/c1-25(2)32(45-38(52)54-40(5,6)7)36(50)47-21-11-13-30(47)34-42-24-29(44-34)20-19-27-15-17-28(18-16-27)23-43-35(49)31-14-12-22-48(31)37(51)33(26(3)4)46-39(53)55-41(8,9)10/h15-18,24-26,30-33,37,51H,11-14,21-23H2,1-10H3,(H,42,44)(H,43,49)(H,45,52)(H,46,53). The fraction of sp³-hybridized carbons (Fsp3) is 0.634. The van der Waals surface area contributed by atoms with Gasteiger partial charge in [-0.15, -0.1) is 0 Å². The first-order valence-corrected chi connectivity index (χ1v) is 19.4. The molecule has 4 rings (SSSR count). The first kappa shape index (κ1) is 43.1. The second-order valence-electron chi connectivity index (χ2n) is 17.1. The van der Waals surface area contributed by atoms with E-state index in [2.05, 4.69) is 37.8 Å². The molecule has 2 saturated heterocycles. The van der Waals surface area contributed by atoms with Gasteiger partial charge in [0.2, 0.25) is 11.8 Å². The van der Waals surface area contributed by atoms with E-state index in [1.807, 2.05) is 52.0 Å². The minimum absolute atomic E-state index is 0.101. The van der Waals surface area contributed by atoms with Crippen molar-refractivity contribution in [2.45, 2.75) is 143 Å². The maximum atomic E-state index is 13.7. The van der Waals surface area contributed by atoms with Crippen LogP contribution in [0.2, 0.25) is 0 Å². The van der Waals surface area contributed by atoms with Gasteiger partial charge in [-0.25, -0.2) is 14.6 Å². The summed E-state index contributed by atoms with van der Waals surface area (Å²) in [6.45, 7) is 19.7. The summed E-state index contributed by atoms with van der Waals surface area (Å²) in [5.74, 6) is 6.32. The lowest BCUT2D eigenvalue weighted by Gasteiger charge is -2.36. The highest BCUT2D eigenvalue weighted by atomic mass is 16.6. The molecule has 0 saturated carbocycles. The zero-order chi connectivity index (χ0) is 40.7. The molecule has 0 radical (unpaired) electrons. The Bertz CT molecular complexity index is 1700. The van der Waals surface area contributed by atoms with Gasteiger partial charge in [0.15, 0.2) is 0 Å². The molecule has 5 N–H and O–H groups in total. The number of aromatic nitrogens is 2. The van der Waals surface area contributed by atoms with E-state index in [-0.39, 0.29) is 29.7 Å². The number of ether oxygens (including phenoxy) is 2. The molecule has 0 bridgehead atoms. The van der Waals surface area contributed by atoms with E-state index >= 15 is 0 Å². The smallest absolute Gasteiger partial charge is 0.408 e. The van der Waals surface area contributed by atoms with Crippen LogP contribution in [0, 0.1) is 23.7 Å². The number of carbonyl (C=O) groups is 4. The summed E-state index contributed by atoms with van der Waals surface area (Å²) in [5, 5.41) is 19.9. The Balaban J connectivity index is 1.32. The normalized spacial score (nSPS) is 19.3. The van der Waals surface area contributed by atoms with Gasteiger partial charge in [-0.3, -0.25) is 14.5 Å². The van der Waals surface area contributed by atoms with Crippen molar-refractivity contribution in [3.05, 3.63) is 53.1 Å². The van der Waals surface area contributed by atoms with Crippen LogP contribution in [0.15, 0.2) is 30.5 Å². The summed E-state index contributed by atoms with van der Waals surface area (Å²) >= 11 is 0. The van der Waals surface area contributed by atoms with Crippen molar-refractivity contribution in [2.24, 2.45) is 11.8 Å². The van der Waals surface area contributed by atoms with E-state index < -0.39 is 47.7 Å². The van der Waals surface area contributed by atoms with Crippen molar-refractivity contribution in [2.75, 3.05) is 13.1 Å². The Morgan fingerprint density at radius 1 is 0.891 bits per heavy atom. The molecular formula is C41H61N7O7. The van der Waals surface area contributed by atoms with E-state index in [0.717, 1.165) is 30.4 Å². The molecule has 1 aromatic carbocycles. The van der Waals surface area contributed by atoms with Gasteiger partial charge in [-0.05, 0) is 103 Å². The molecule has 1 aromatic heterocycles. The Labute approximate surface area is 325 Å². The van der Waals surface area contributed by atoms with Crippen LogP contribution in [0.4, 0.5) is 9.59 Å². The maximum absolute atomic E-state index is 13.7. The van der Waals surface area contributed by atoms with Crippen LogP contribution in [-0.2, 0) is 25.6 Å². The third kappa shape index (κ3) is 12.4. The zero-order valence-electron chi connectivity index (χ0n) is 34.1. The summed E-state index contributed by atoms with van der Waals surface area (Å²) in [4.78, 5) is 63.3. The lowest BCUT2D eigenvalue weighted by molar-refractivity contribution is -0.135. The van der Waals surface area contributed by atoms with Gasteiger partial charge in [-0.2, -0.15) is 0 Å². The van der Waals surface area contributed by atoms with E-state index in [1.54, 1.807) is 57.5 Å². The quantitative estimate of drug-likeness (QED) is 0.198. The molecule has 0 spiro atoms. The van der Waals surface area contributed by atoms with Gasteiger partial charge in [0, 0.05) is 25.2 Å². The first-order chi connectivity index (χ1) is 25.7. The van der Waals surface area contributed by atoms with Crippen LogP contribution in [0.25, 0.3) is 0 Å². The highest BCUT2D eigenvalue weighted by molar-refractivity contribution is 5.86. The van der Waals surface area contributed by atoms with Gasteiger partial charge >= 0.3 is 12.2 Å². The first-order valence-electron chi connectivity index (χ1n) is 19.4. The van der Waals surface area contributed by atoms with Crippen molar-refractivity contribution in [3.8, 4) is 11.8 Å². The molecule has 4 amide bonds. The molecule has 14 nitrogen and oxygen atoms in total. The van der Waals surface area contributed by atoms with Crippen molar-refractivity contribution in [1.29, 1.82) is 0 Å². The van der Waals surface area contributed by atoms with Crippen molar-refractivity contribution >= 4 is 24.0 Å². The highest BCUT2D eigenvalue weighted by Gasteiger charge is 2.40. The van der Waals surface area contributed by atoms with Gasteiger partial charge in [0.1, 0.15) is 35.0 Å². The van der Waals surface area contributed by atoms with Crippen LogP contribution < -0.4 is 16.0 Å². The van der Waals surface area contributed by atoms with Crippen molar-refractivity contribution < 1.29 is 33.8 Å². The number of aliphatic hydroxyl groups excluding tert-OH is 1. The van der Waals surface area contributed by atoms with E-state index in [1.165, 1.54) is 0 Å². The highest BCUT2D eigenvalue weighted by Crippen LogP contribution is 2.31. The number of likely N-dealkylation sites (tertiary alicyclic amines) is 2. The van der Waals surface area contributed by atoms with Crippen LogP contribution in [-0.4, -0.2) is 97.5 Å². The molecule has 5 unspecified atom stereocenters. The number of imidazole rings is 1. The number of amides is 4. The molecule has 5 atom stereocenters. The number of alkyl carbamates (subject to hydrolysis) is 2. The SMILES string of the molecule is CC(C)C(NC(=O)OC(C)(C)C)C(=O)N1CCCC1c1ncc(C#Cc2ccc(CNC(=O)C3CCCN3C(O)C(NC(=O)OC(C)(C)C)C(C)C)cc2)[nH]1. The number of aliphatic hydroxyl groups is 1. The summed E-state index contributed by atoms with van der Waals surface area (Å²) in [7, 11) is 0. The Hall–Kier alpha value is -4.61. The third-order valence-corrected chi connectivity index (χ3v) is 9.47. The number of hydrogen-bond donors (Lipinski definition) is 5. The van der Waals surface area contributed by atoms with Gasteiger partial charge < -0.3 is 40.4 Å². The second-order valence-corrected chi connectivity index (χ2v) is 17.1. The lowest BCUT2D eigenvalue weighted by atomic mass is 10.0. The third-order valence-electron chi connectivity index (χ3n) is 9.47. The predicted octanol–water partition coefficient (Wildman–Crippen LogP) is 4.97. The number of nitrogens with zero attached hydrogens (tertiary/aromatic N) is 3. The number of aromatic amines is 1. The second kappa shape index (κ2) is 18.3. The van der Waals surface area contributed by atoms with Crippen LogP contribution in [0.1, 0.15) is 124 Å². The largest absolute Gasteiger partial charge is 0.444 e. The number of nitrogens with one attached hydrogen (secondary N) is 4. The summed E-state index contributed by atoms with van der Waals surface area (Å²) in [5.41, 5.74) is 0.935. The maximum Gasteiger partial charge on any atom is 0.408 e. The molecule has 2 aromatic rings. The lowest BCUT2D eigenvalue weighted by Crippen LogP contribution is -2.58. The molecule has 2 fully saturated rings. The number of H-pyrrole nitrogens is 1. The zero-order valence-corrected chi connectivity index (χ0v) is 34.1. The molecule has 2 aliphatic heterocycles. The Morgan fingerprint density at radius 2 is 1.51 bits per heavy atom. The average molecular weight is 764 g/mol. The van der Waals surface area contributed by atoms with Gasteiger partial charge in [0.05, 0.1) is 24.3 Å². The molecular weight excluding hydrogens is 702 g/mol. The molecule has 302 valence electrons. The molecule has 3 heterocycles. The summed E-state index contributed by atoms with van der Waals surface area (Å²) < 4.78 is 10.8. The summed E-state index contributed by atoms with van der Waals surface area (Å²) in [6, 6.07) is 5.43. The van der Waals surface area contributed by atoms with Crippen LogP contribution >= 0.6 is 0 Å². The minimum Gasteiger partial charge on any atom is -0.444 e. The average Bonchev–Trinajstić information content (AvgIpc) is 3.87. The van der Waals surface area contributed by atoms with Crippen molar-refractivity contribution in [3.63, 3.8) is 0 Å². The number of rotatable bonds is 11. The van der Waals surface area contributed by atoms with Gasteiger partial charge in [-0.1, -0.05) is 45.7 Å². The molecule has 2 aliphatic rings. The molecule has 14 heteroatoms. The van der Waals surface area contributed by atoms with E-state index in [0.29, 0.717) is 37.6 Å². The molecule has 0 aliphatic carbocycles. The van der Waals surface area contributed by atoms with Crippen LogP contribution in [0.5, 0.6) is 0 Å². The van der Waals surface area contributed by atoms with E-state index in [4.69, 9.17) is 9.47 Å². The van der Waals surface area contributed by atoms with E-state index in [9.17, 15) is 24.3 Å². The Morgan fingerprint density at radius 3 is 2.11 bits per heavy atom. The summed E-state index contributed by atoms with van der Waals surface area (Å²) in [6.07, 6.45) is 2.28. The number of carbonyl (C=O) groups excluding carboxylic acids is 4. The predicted molar refractivity (Wildman–Crippen MR) is 208 cm³/mol. The number of hydrogen-bond acceptors (Lipinski definition) is 9. The Kier molecular flexibility index (Phi) is 14.4. The molecule has 55 heavy (non-hydrogen) atoms. The van der Waals surface area contributed by atoms with Crippen LogP contribution in [0.3, 0.4) is 0 Å². The monoisotopic (exact) mass is 763 g/mol. The fourth-order valence-electron chi connectivity index (χ4n) is 6.79. The number of benzene rings is 1. The topological polar surface area (TPSA) is 178 Å². The fourth-order valence-corrected chi connectivity index (χ4v) is 6.79. The van der Waals surface area contributed by atoms with Gasteiger partial charge in [0.25, 0.3) is 0 Å². The minimum atomic E-state index is -1.06.